The number of benzene rings is 1. The highest BCUT2D eigenvalue weighted by Crippen LogP contribution is 2.23. The highest BCUT2D eigenvalue weighted by atomic mass is 35.5. The maximum absolute atomic E-state index is 13.0. The van der Waals surface area contributed by atoms with Crippen LogP contribution >= 0.6 is 11.6 Å². The van der Waals surface area contributed by atoms with E-state index in [2.05, 4.69) is 4.98 Å². The Balaban J connectivity index is 2.18. The van der Waals surface area contributed by atoms with Gasteiger partial charge in [0.25, 0.3) is 0 Å². The van der Waals surface area contributed by atoms with Crippen molar-refractivity contribution in [3.63, 3.8) is 0 Å². The topological polar surface area (TPSA) is 33.1 Å². The Bertz CT molecular complexity index is 545. The first-order valence-electron chi connectivity index (χ1n) is 5.29. The number of aliphatic hydroxyl groups is 1. The Labute approximate surface area is 108 Å². The number of hydrogen-bond donors (Lipinski definition) is 1. The molecule has 0 bridgehead atoms. The van der Waals surface area contributed by atoms with Crippen molar-refractivity contribution in [2.75, 3.05) is 0 Å². The maximum atomic E-state index is 13.0. The second kappa shape index (κ2) is 5.42. The lowest BCUT2D eigenvalue weighted by Gasteiger charge is -2.11. The third-order valence-corrected chi connectivity index (χ3v) is 2.88. The summed E-state index contributed by atoms with van der Waals surface area (Å²) in [6, 6.07) is 6.52. The first kappa shape index (κ1) is 12.9. The highest BCUT2D eigenvalue weighted by molar-refractivity contribution is 6.31. The van der Waals surface area contributed by atoms with Crippen molar-refractivity contribution in [1.82, 2.24) is 4.98 Å². The lowest BCUT2D eigenvalue weighted by molar-refractivity contribution is 0.173. The predicted molar refractivity (Wildman–Crippen MR) is 64.3 cm³/mol. The quantitative estimate of drug-likeness (QED) is 0.927. The lowest BCUT2D eigenvalue weighted by Crippen LogP contribution is -2.05. The molecule has 0 saturated heterocycles. The molecule has 1 heterocycles. The number of nitrogens with zero attached hydrogens (tertiary/aromatic N) is 1. The van der Waals surface area contributed by atoms with E-state index >= 15 is 0 Å². The third-order valence-electron chi connectivity index (χ3n) is 2.51. The summed E-state index contributed by atoms with van der Waals surface area (Å²) in [6.07, 6.45) is 0.186. The van der Waals surface area contributed by atoms with Crippen LogP contribution in [0.25, 0.3) is 0 Å². The van der Waals surface area contributed by atoms with Gasteiger partial charge in [0.15, 0.2) is 0 Å². The Kier molecular flexibility index (Phi) is 3.89. The van der Waals surface area contributed by atoms with E-state index in [4.69, 9.17) is 11.6 Å². The minimum atomic E-state index is -0.954. The van der Waals surface area contributed by atoms with Crippen LogP contribution in [0.4, 0.5) is 8.78 Å². The van der Waals surface area contributed by atoms with Crippen molar-refractivity contribution < 1.29 is 13.9 Å². The van der Waals surface area contributed by atoms with E-state index in [0.29, 0.717) is 16.3 Å². The smallest absolute Gasteiger partial charge is 0.141 e. The van der Waals surface area contributed by atoms with Crippen LogP contribution in [-0.2, 0) is 6.42 Å². The Morgan fingerprint density at radius 1 is 1.17 bits per heavy atom. The largest absolute Gasteiger partial charge is 0.386 e. The molecule has 0 aliphatic carbocycles. The van der Waals surface area contributed by atoms with Crippen LogP contribution in [0.5, 0.6) is 0 Å². The van der Waals surface area contributed by atoms with E-state index in [1.165, 1.54) is 30.3 Å². The molecule has 18 heavy (non-hydrogen) atoms. The molecular formula is C13H10ClF2NO. The highest BCUT2D eigenvalue weighted by Gasteiger charge is 2.13. The van der Waals surface area contributed by atoms with Gasteiger partial charge in [-0.1, -0.05) is 11.6 Å². The van der Waals surface area contributed by atoms with Gasteiger partial charge in [0, 0.05) is 11.4 Å². The van der Waals surface area contributed by atoms with Crippen molar-refractivity contribution in [3.8, 4) is 0 Å². The SMILES string of the molecule is OC(Cc1cc(F)ccc1Cl)c1ccc(F)cn1. The summed E-state index contributed by atoms with van der Waals surface area (Å²) in [5.74, 6) is -0.900. The molecule has 2 rings (SSSR count). The molecule has 1 aromatic heterocycles. The fourth-order valence-corrected chi connectivity index (χ4v) is 1.79. The molecule has 0 spiro atoms. The summed E-state index contributed by atoms with van der Waals surface area (Å²) in [4.78, 5) is 3.76. The van der Waals surface area contributed by atoms with Gasteiger partial charge in [-0.2, -0.15) is 0 Å². The van der Waals surface area contributed by atoms with Gasteiger partial charge >= 0.3 is 0 Å². The van der Waals surface area contributed by atoms with E-state index < -0.39 is 17.7 Å². The molecule has 1 N–H and O–H groups in total. The summed E-state index contributed by atoms with van der Waals surface area (Å²) in [7, 11) is 0. The average Bonchev–Trinajstić information content (AvgIpc) is 2.34. The molecule has 0 saturated carbocycles. The van der Waals surface area contributed by atoms with Crippen LogP contribution in [0.1, 0.15) is 17.4 Å². The minimum Gasteiger partial charge on any atom is -0.386 e. The number of aliphatic hydroxyl groups excluding tert-OH is 1. The van der Waals surface area contributed by atoms with Crippen LogP contribution in [0.3, 0.4) is 0 Å². The minimum absolute atomic E-state index is 0.120. The number of aromatic nitrogens is 1. The molecule has 0 aliphatic rings. The van der Waals surface area contributed by atoms with Crippen LogP contribution in [0.15, 0.2) is 36.5 Å². The van der Waals surface area contributed by atoms with Crippen molar-refractivity contribution in [1.29, 1.82) is 0 Å². The van der Waals surface area contributed by atoms with Crippen molar-refractivity contribution in [2.45, 2.75) is 12.5 Å². The Morgan fingerprint density at radius 2 is 1.89 bits per heavy atom. The summed E-state index contributed by atoms with van der Waals surface area (Å²) < 4.78 is 25.7. The van der Waals surface area contributed by atoms with Crippen LogP contribution in [0.2, 0.25) is 5.02 Å². The second-order valence-electron chi connectivity index (χ2n) is 3.86. The monoisotopic (exact) mass is 269 g/mol. The van der Waals surface area contributed by atoms with Gasteiger partial charge in [0.2, 0.25) is 0 Å². The van der Waals surface area contributed by atoms with Gasteiger partial charge in [-0.05, 0) is 35.9 Å². The summed E-state index contributed by atoms with van der Waals surface area (Å²) in [5, 5.41) is 10.3. The molecule has 2 nitrogen and oxygen atoms in total. The van der Waals surface area contributed by atoms with Gasteiger partial charge in [-0.25, -0.2) is 8.78 Å². The number of rotatable bonds is 3. The molecule has 1 unspecified atom stereocenters. The zero-order valence-electron chi connectivity index (χ0n) is 9.28. The third kappa shape index (κ3) is 3.03. The van der Waals surface area contributed by atoms with E-state index in [1.54, 1.807) is 0 Å². The van der Waals surface area contributed by atoms with Crippen LogP contribution in [0, 0.1) is 11.6 Å². The lowest BCUT2D eigenvalue weighted by atomic mass is 10.1. The van der Waals surface area contributed by atoms with E-state index in [-0.39, 0.29) is 6.42 Å². The summed E-state index contributed by atoms with van der Waals surface area (Å²) in [6.45, 7) is 0. The van der Waals surface area contributed by atoms with E-state index in [0.717, 1.165) is 6.20 Å². The van der Waals surface area contributed by atoms with Gasteiger partial charge in [-0.3, -0.25) is 4.98 Å². The molecule has 0 radical (unpaired) electrons. The van der Waals surface area contributed by atoms with E-state index in [9.17, 15) is 13.9 Å². The molecule has 0 amide bonds. The van der Waals surface area contributed by atoms with Crippen molar-refractivity contribution >= 4 is 11.6 Å². The zero-order chi connectivity index (χ0) is 13.1. The first-order chi connectivity index (χ1) is 8.56. The van der Waals surface area contributed by atoms with Crippen LogP contribution < -0.4 is 0 Å². The molecular weight excluding hydrogens is 260 g/mol. The standard InChI is InChI=1S/C13H10ClF2NO/c14-11-3-1-9(15)5-8(11)6-13(18)12-4-2-10(16)7-17-12/h1-5,7,13,18H,6H2. The fraction of sp³-hybridized carbons (Fsp3) is 0.154. The maximum Gasteiger partial charge on any atom is 0.141 e. The predicted octanol–water partition coefficient (Wildman–Crippen LogP) is 3.29. The summed E-state index contributed by atoms with van der Waals surface area (Å²) in [5.41, 5.74) is 0.798. The number of hydrogen-bond acceptors (Lipinski definition) is 2. The molecule has 0 aliphatic heterocycles. The Morgan fingerprint density at radius 3 is 2.56 bits per heavy atom. The number of pyridine rings is 1. The summed E-state index contributed by atoms with van der Waals surface area (Å²) >= 11 is 5.89. The normalized spacial score (nSPS) is 12.4. The van der Waals surface area contributed by atoms with Crippen molar-refractivity contribution in [3.05, 3.63) is 64.4 Å². The molecule has 1 atom stereocenters. The van der Waals surface area contributed by atoms with Crippen LogP contribution in [-0.4, -0.2) is 10.1 Å². The van der Waals surface area contributed by atoms with Crippen molar-refractivity contribution in [2.24, 2.45) is 0 Å². The first-order valence-corrected chi connectivity index (χ1v) is 5.67. The second-order valence-corrected chi connectivity index (χ2v) is 4.26. The zero-order valence-corrected chi connectivity index (χ0v) is 10.0. The van der Waals surface area contributed by atoms with Gasteiger partial charge in [0.05, 0.1) is 11.9 Å². The molecule has 0 fully saturated rings. The Hall–Kier alpha value is -1.52. The molecule has 1 aromatic carbocycles. The fourth-order valence-electron chi connectivity index (χ4n) is 1.60. The molecule has 5 heteroatoms. The average molecular weight is 270 g/mol. The van der Waals surface area contributed by atoms with E-state index in [1.807, 2.05) is 0 Å². The van der Waals surface area contributed by atoms with Gasteiger partial charge < -0.3 is 5.11 Å². The van der Waals surface area contributed by atoms with Gasteiger partial charge in [-0.15, -0.1) is 0 Å². The van der Waals surface area contributed by atoms with Gasteiger partial charge in [0.1, 0.15) is 17.7 Å². The molecule has 94 valence electrons. The molecule has 2 aromatic rings. The number of halogens is 3.